The number of aromatic nitrogens is 2. The van der Waals surface area contributed by atoms with Crippen molar-refractivity contribution in [1.82, 2.24) is 10.2 Å². The fourth-order valence-corrected chi connectivity index (χ4v) is 2.14. The van der Waals surface area contributed by atoms with Gasteiger partial charge in [0.05, 0.1) is 4.92 Å². The summed E-state index contributed by atoms with van der Waals surface area (Å²) in [6, 6.07) is 9.67. The number of anilines is 1. The fraction of sp³-hybridized carbons (Fsp3) is 0.250. The van der Waals surface area contributed by atoms with Crippen LogP contribution in [0.25, 0.3) is 0 Å². The van der Waals surface area contributed by atoms with Gasteiger partial charge in [-0.3, -0.25) is 15.2 Å². The van der Waals surface area contributed by atoms with Gasteiger partial charge in [0, 0.05) is 18.3 Å². The lowest BCUT2D eigenvalue weighted by atomic mass is 10.2. The van der Waals surface area contributed by atoms with Crippen LogP contribution in [0, 0.1) is 10.1 Å². The molecule has 0 radical (unpaired) electrons. The number of halogens is 1. The van der Waals surface area contributed by atoms with Crippen LogP contribution in [-0.2, 0) is 13.0 Å². The van der Waals surface area contributed by atoms with Crippen molar-refractivity contribution in [2.24, 2.45) is 0 Å². The molecule has 0 saturated heterocycles. The van der Waals surface area contributed by atoms with E-state index in [0.29, 0.717) is 24.0 Å². The number of hydrogen-bond acceptors (Lipinski definition) is 4. The monoisotopic (exact) mass is 324 g/mol. The zero-order valence-electron chi connectivity index (χ0n) is 10.1. The van der Waals surface area contributed by atoms with Gasteiger partial charge in [0.2, 0.25) is 5.82 Å². The van der Waals surface area contributed by atoms with Crippen LogP contribution in [0.3, 0.4) is 0 Å². The van der Waals surface area contributed by atoms with E-state index >= 15 is 0 Å². The molecule has 0 fully saturated rings. The predicted molar refractivity (Wildman–Crippen MR) is 76.5 cm³/mol. The lowest BCUT2D eigenvalue weighted by molar-refractivity contribution is -0.384. The van der Waals surface area contributed by atoms with E-state index in [9.17, 15) is 10.1 Å². The minimum absolute atomic E-state index is 0.0235. The number of aryl methyl sites for hydroxylation is 1. The summed E-state index contributed by atoms with van der Waals surface area (Å²) in [6.45, 7) is 0.500. The number of hydrogen-bond donors (Lipinski definition) is 2. The highest BCUT2D eigenvalue weighted by molar-refractivity contribution is 9.09. The van der Waals surface area contributed by atoms with Gasteiger partial charge in [-0.25, -0.2) is 0 Å². The van der Waals surface area contributed by atoms with Crippen LogP contribution < -0.4 is 5.32 Å². The average molecular weight is 325 g/mol. The highest BCUT2D eigenvalue weighted by Gasteiger charge is 2.23. The maximum atomic E-state index is 11.1. The Morgan fingerprint density at radius 3 is 2.74 bits per heavy atom. The third-order valence-corrected chi connectivity index (χ3v) is 3.04. The highest BCUT2D eigenvalue weighted by atomic mass is 79.9. The Kier molecular flexibility index (Phi) is 4.51. The van der Waals surface area contributed by atoms with Gasteiger partial charge in [0.15, 0.2) is 0 Å². The first-order chi connectivity index (χ1) is 9.22. The quantitative estimate of drug-likeness (QED) is 0.486. The molecule has 1 heterocycles. The van der Waals surface area contributed by atoms with Crippen molar-refractivity contribution in [2.75, 3.05) is 10.6 Å². The molecule has 0 aliphatic carbocycles. The van der Waals surface area contributed by atoms with E-state index in [1.54, 1.807) is 0 Å². The van der Waals surface area contributed by atoms with E-state index in [1.807, 2.05) is 30.3 Å². The Balaban J connectivity index is 2.14. The number of nitro groups is 1. The molecule has 2 rings (SSSR count). The van der Waals surface area contributed by atoms with E-state index < -0.39 is 4.92 Å². The minimum Gasteiger partial charge on any atom is -0.359 e. The normalized spacial score (nSPS) is 10.4. The zero-order chi connectivity index (χ0) is 13.7. The van der Waals surface area contributed by atoms with Gasteiger partial charge in [0.25, 0.3) is 0 Å². The molecule has 1 aromatic carbocycles. The Labute approximate surface area is 118 Å². The van der Waals surface area contributed by atoms with Crippen LogP contribution in [0.15, 0.2) is 30.3 Å². The van der Waals surface area contributed by atoms with E-state index in [-0.39, 0.29) is 11.5 Å². The maximum Gasteiger partial charge on any atom is 0.333 e. The lowest BCUT2D eigenvalue weighted by Gasteiger charge is -2.02. The van der Waals surface area contributed by atoms with Crippen molar-refractivity contribution in [3.8, 4) is 0 Å². The minimum atomic E-state index is -0.408. The van der Waals surface area contributed by atoms with Crippen LogP contribution in [0.4, 0.5) is 11.5 Å². The largest absolute Gasteiger partial charge is 0.359 e. The summed E-state index contributed by atoms with van der Waals surface area (Å²) in [7, 11) is 0. The first-order valence-corrected chi connectivity index (χ1v) is 6.90. The molecule has 6 nitrogen and oxygen atoms in total. The van der Waals surface area contributed by atoms with Crippen molar-refractivity contribution in [1.29, 1.82) is 0 Å². The van der Waals surface area contributed by atoms with Crippen LogP contribution >= 0.6 is 15.9 Å². The summed E-state index contributed by atoms with van der Waals surface area (Å²) in [6.07, 6.45) is 0.538. The van der Waals surface area contributed by atoms with Crippen LogP contribution in [0.2, 0.25) is 0 Å². The van der Waals surface area contributed by atoms with E-state index in [2.05, 4.69) is 31.4 Å². The molecule has 0 amide bonds. The Hall–Kier alpha value is -1.89. The first-order valence-electron chi connectivity index (χ1n) is 5.77. The van der Waals surface area contributed by atoms with Crippen LogP contribution in [-0.4, -0.2) is 20.5 Å². The van der Waals surface area contributed by atoms with E-state index in [1.165, 1.54) is 0 Å². The van der Waals surface area contributed by atoms with Gasteiger partial charge in [-0.1, -0.05) is 46.3 Å². The topological polar surface area (TPSA) is 83.8 Å². The molecular weight excluding hydrogens is 312 g/mol. The number of aromatic amines is 1. The summed E-state index contributed by atoms with van der Waals surface area (Å²) < 4.78 is 0. The number of nitrogens with one attached hydrogen (secondary N) is 2. The molecule has 2 N–H and O–H groups in total. The Morgan fingerprint density at radius 1 is 1.37 bits per heavy atom. The molecule has 0 bridgehead atoms. The molecule has 0 unspecified atom stereocenters. The molecular formula is C12H13BrN4O2. The second-order valence-electron chi connectivity index (χ2n) is 3.93. The second kappa shape index (κ2) is 6.33. The summed E-state index contributed by atoms with van der Waals surface area (Å²) in [5, 5.41) is 21.4. The van der Waals surface area contributed by atoms with Crippen LogP contribution in [0.5, 0.6) is 0 Å². The SMILES string of the molecule is O=[N+]([O-])c1c(NCc2ccccc2)n[nH]c1CCBr. The second-order valence-corrected chi connectivity index (χ2v) is 4.73. The summed E-state index contributed by atoms with van der Waals surface area (Å²) in [5.41, 5.74) is 1.59. The van der Waals surface area contributed by atoms with Crippen molar-refractivity contribution in [3.63, 3.8) is 0 Å². The molecule has 0 atom stereocenters. The van der Waals surface area contributed by atoms with Gasteiger partial charge in [-0.05, 0) is 5.56 Å². The number of rotatable bonds is 6. The van der Waals surface area contributed by atoms with Gasteiger partial charge in [-0.2, -0.15) is 5.10 Å². The molecule has 100 valence electrons. The molecule has 2 aromatic rings. The fourth-order valence-electron chi connectivity index (χ4n) is 1.74. The molecule has 19 heavy (non-hydrogen) atoms. The third kappa shape index (κ3) is 3.31. The molecule has 7 heteroatoms. The highest BCUT2D eigenvalue weighted by Crippen LogP contribution is 2.26. The van der Waals surface area contributed by atoms with Crippen molar-refractivity contribution >= 4 is 27.4 Å². The average Bonchev–Trinajstić information content (AvgIpc) is 2.81. The summed E-state index contributed by atoms with van der Waals surface area (Å²) in [5.74, 6) is 0.282. The lowest BCUT2D eigenvalue weighted by Crippen LogP contribution is -2.02. The number of alkyl halides is 1. The van der Waals surface area contributed by atoms with Gasteiger partial charge >= 0.3 is 5.69 Å². The van der Waals surface area contributed by atoms with Crippen LogP contribution in [0.1, 0.15) is 11.3 Å². The Morgan fingerprint density at radius 2 is 2.11 bits per heavy atom. The predicted octanol–water partition coefficient (Wildman–Crippen LogP) is 2.87. The molecule has 1 aromatic heterocycles. The smallest absolute Gasteiger partial charge is 0.333 e. The Bertz CT molecular complexity index is 556. The van der Waals surface area contributed by atoms with Crippen molar-refractivity contribution < 1.29 is 4.92 Å². The molecule has 0 saturated carbocycles. The summed E-state index contributed by atoms with van der Waals surface area (Å²) >= 11 is 3.26. The van der Waals surface area contributed by atoms with Gasteiger partial charge in [0.1, 0.15) is 5.69 Å². The number of H-pyrrole nitrogens is 1. The van der Waals surface area contributed by atoms with Gasteiger partial charge < -0.3 is 5.32 Å². The van der Waals surface area contributed by atoms with Crippen molar-refractivity contribution in [3.05, 3.63) is 51.7 Å². The molecule has 0 spiro atoms. The molecule has 0 aliphatic rings. The number of benzene rings is 1. The number of nitrogens with zero attached hydrogens (tertiary/aromatic N) is 2. The van der Waals surface area contributed by atoms with Crippen molar-refractivity contribution in [2.45, 2.75) is 13.0 Å². The standard InChI is InChI=1S/C12H13BrN4O2/c13-7-6-10-11(17(18)19)12(16-15-10)14-8-9-4-2-1-3-5-9/h1-5H,6-8H2,(H2,14,15,16). The molecule has 0 aliphatic heterocycles. The third-order valence-electron chi connectivity index (χ3n) is 2.64. The zero-order valence-corrected chi connectivity index (χ0v) is 11.7. The van der Waals surface area contributed by atoms with E-state index in [0.717, 1.165) is 5.56 Å². The first kappa shape index (κ1) is 13.5. The summed E-state index contributed by atoms with van der Waals surface area (Å²) in [4.78, 5) is 10.7. The van der Waals surface area contributed by atoms with Gasteiger partial charge in [-0.15, -0.1) is 0 Å². The van der Waals surface area contributed by atoms with E-state index in [4.69, 9.17) is 0 Å². The maximum absolute atomic E-state index is 11.1.